The number of benzene rings is 5. The van der Waals surface area contributed by atoms with Crippen molar-refractivity contribution in [3.8, 4) is 5.75 Å². The zero-order valence-corrected chi connectivity index (χ0v) is 14.4. The third-order valence-corrected chi connectivity index (χ3v) is 5.07. The molecule has 0 aliphatic rings. The highest BCUT2D eigenvalue weighted by atomic mass is 16.5. The van der Waals surface area contributed by atoms with Crippen LogP contribution in [0.3, 0.4) is 0 Å². The van der Waals surface area contributed by atoms with Crippen LogP contribution >= 0.6 is 0 Å². The Kier molecular flexibility index (Phi) is 3.39. The van der Waals surface area contributed by atoms with Crippen LogP contribution in [0.25, 0.3) is 38.4 Å². The summed E-state index contributed by atoms with van der Waals surface area (Å²) >= 11 is 0. The molecule has 0 aromatic heterocycles. The molecule has 0 amide bonds. The Hall–Kier alpha value is -3.32. The quantitative estimate of drug-likeness (QED) is 0.328. The van der Waals surface area contributed by atoms with Gasteiger partial charge in [0.15, 0.2) is 0 Å². The molecule has 0 radical (unpaired) electrons. The van der Waals surface area contributed by atoms with Crippen LogP contribution in [-0.2, 0) is 6.61 Å². The average Bonchev–Trinajstić information content (AvgIpc) is 2.71. The lowest BCUT2D eigenvalue weighted by atomic mass is 9.94. The van der Waals surface area contributed by atoms with Crippen molar-refractivity contribution < 1.29 is 4.74 Å². The first kappa shape index (κ1) is 15.0. The molecule has 1 heteroatoms. The predicted molar refractivity (Wildman–Crippen MR) is 111 cm³/mol. The normalized spacial score (nSPS) is 11.4. The third-order valence-electron chi connectivity index (χ3n) is 5.07. The van der Waals surface area contributed by atoms with Crippen molar-refractivity contribution in [3.05, 3.63) is 96.6 Å². The number of rotatable bonds is 4. The minimum Gasteiger partial charge on any atom is -0.488 e. The second kappa shape index (κ2) is 5.89. The van der Waals surface area contributed by atoms with E-state index in [9.17, 15) is 0 Å². The van der Waals surface area contributed by atoms with Gasteiger partial charge in [0.2, 0.25) is 0 Å². The smallest absolute Gasteiger partial charge is 0.127 e. The molecule has 0 spiro atoms. The van der Waals surface area contributed by atoms with E-state index in [1.54, 1.807) is 0 Å². The van der Waals surface area contributed by atoms with Gasteiger partial charge in [-0.05, 0) is 50.9 Å². The van der Waals surface area contributed by atoms with Gasteiger partial charge in [-0.2, -0.15) is 0 Å². The Labute approximate surface area is 152 Å². The van der Waals surface area contributed by atoms with E-state index in [4.69, 9.17) is 4.74 Å². The first-order valence-corrected chi connectivity index (χ1v) is 8.84. The Balaban J connectivity index is 1.62. The highest BCUT2D eigenvalue weighted by molar-refractivity contribution is 6.24. The topological polar surface area (TPSA) is 9.23 Å². The van der Waals surface area contributed by atoms with Crippen molar-refractivity contribution in [2.75, 3.05) is 0 Å². The van der Waals surface area contributed by atoms with E-state index < -0.39 is 0 Å². The van der Waals surface area contributed by atoms with Gasteiger partial charge < -0.3 is 4.74 Å². The van der Waals surface area contributed by atoms with Crippen LogP contribution in [0.15, 0.2) is 85.4 Å². The van der Waals surface area contributed by atoms with E-state index in [1.165, 1.54) is 32.3 Å². The molecular formula is C25H18O. The number of ether oxygens (including phenoxy) is 1. The van der Waals surface area contributed by atoms with E-state index >= 15 is 0 Å². The second-order valence-electron chi connectivity index (χ2n) is 6.66. The van der Waals surface area contributed by atoms with Crippen molar-refractivity contribution in [2.24, 2.45) is 0 Å². The van der Waals surface area contributed by atoms with Crippen LogP contribution in [-0.4, -0.2) is 0 Å². The molecule has 0 aliphatic carbocycles. The van der Waals surface area contributed by atoms with Gasteiger partial charge in [-0.15, -0.1) is 0 Å². The first-order valence-electron chi connectivity index (χ1n) is 8.84. The van der Waals surface area contributed by atoms with Crippen LogP contribution in [0.1, 0.15) is 11.1 Å². The summed E-state index contributed by atoms with van der Waals surface area (Å²) in [5.74, 6) is 0.930. The summed E-state index contributed by atoms with van der Waals surface area (Å²) in [6.45, 7) is 4.38. The molecule has 0 saturated carbocycles. The molecule has 0 heterocycles. The minimum absolute atomic E-state index is 0.547. The van der Waals surface area contributed by atoms with Crippen LogP contribution in [0.4, 0.5) is 0 Å². The molecule has 0 fully saturated rings. The molecule has 5 rings (SSSR count). The largest absolute Gasteiger partial charge is 0.488 e. The summed E-state index contributed by atoms with van der Waals surface area (Å²) < 4.78 is 6.21. The average molecular weight is 334 g/mol. The maximum atomic E-state index is 6.21. The highest BCUT2D eigenvalue weighted by Crippen LogP contribution is 2.38. The summed E-state index contributed by atoms with van der Waals surface area (Å²) in [5, 5.41) is 7.59. The van der Waals surface area contributed by atoms with Crippen LogP contribution in [0.5, 0.6) is 5.75 Å². The van der Waals surface area contributed by atoms with Crippen molar-refractivity contribution in [3.63, 3.8) is 0 Å². The molecule has 0 unspecified atom stereocenters. The van der Waals surface area contributed by atoms with Crippen molar-refractivity contribution in [2.45, 2.75) is 6.61 Å². The van der Waals surface area contributed by atoms with Gasteiger partial charge in [0, 0.05) is 10.8 Å². The van der Waals surface area contributed by atoms with Gasteiger partial charge in [-0.25, -0.2) is 0 Å². The van der Waals surface area contributed by atoms with Gasteiger partial charge in [-0.3, -0.25) is 0 Å². The minimum atomic E-state index is 0.547. The van der Waals surface area contributed by atoms with Crippen LogP contribution in [0, 0.1) is 0 Å². The van der Waals surface area contributed by atoms with Gasteiger partial charge in [0.1, 0.15) is 12.4 Å². The highest BCUT2D eigenvalue weighted by Gasteiger charge is 2.11. The molecule has 26 heavy (non-hydrogen) atoms. The molecule has 1 nitrogen and oxygen atoms in total. The molecule has 0 saturated heterocycles. The lowest BCUT2D eigenvalue weighted by Crippen LogP contribution is -1.97. The van der Waals surface area contributed by atoms with Crippen LogP contribution < -0.4 is 4.74 Å². The summed E-state index contributed by atoms with van der Waals surface area (Å²) in [4.78, 5) is 0. The maximum absolute atomic E-state index is 6.21. The molecular weight excluding hydrogens is 316 g/mol. The molecule has 5 aromatic rings. The van der Waals surface area contributed by atoms with Crippen molar-refractivity contribution >= 4 is 38.4 Å². The fraction of sp³-hybridized carbons (Fsp3) is 0.0400. The predicted octanol–water partition coefficient (Wildman–Crippen LogP) is 6.81. The molecule has 5 aromatic carbocycles. The zero-order valence-electron chi connectivity index (χ0n) is 14.4. The third kappa shape index (κ3) is 2.33. The van der Waals surface area contributed by atoms with Crippen molar-refractivity contribution in [1.29, 1.82) is 0 Å². The Morgan fingerprint density at radius 3 is 2.23 bits per heavy atom. The number of hydrogen-bond donors (Lipinski definition) is 0. The van der Waals surface area contributed by atoms with Gasteiger partial charge in [-0.1, -0.05) is 73.3 Å². The van der Waals surface area contributed by atoms with Gasteiger partial charge >= 0.3 is 0 Å². The lowest BCUT2D eigenvalue weighted by Gasteiger charge is -2.14. The summed E-state index contributed by atoms with van der Waals surface area (Å²) in [5.41, 5.74) is 2.26. The Morgan fingerprint density at radius 1 is 0.731 bits per heavy atom. The van der Waals surface area contributed by atoms with Gasteiger partial charge in [0.05, 0.1) is 0 Å². The Bertz CT molecular complexity index is 1230. The van der Waals surface area contributed by atoms with E-state index in [0.29, 0.717) is 6.61 Å². The molecule has 0 atom stereocenters. The van der Waals surface area contributed by atoms with Crippen molar-refractivity contribution in [1.82, 2.24) is 0 Å². The molecule has 0 bridgehead atoms. The fourth-order valence-electron chi connectivity index (χ4n) is 3.81. The number of hydrogen-bond acceptors (Lipinski definition) is 1. The van der Waals surface area contributed by atoms with E-state index in [1.807, 2.05) is 18.2 Å². The summed E-state index contributed by atoms with van der Waals surface area (Å²) in [6, 6.07) is 27.8. The van der Waals surface area contributed by atoms with E-state index in [2.05, 4.69) is 73.3 Å². The first-order chi connectivity index (χ1) is 12.8. The molecule has 0 aliphatic heterocycles. The Morgan fingerprint density at radius 2 is 1.42 bits per heavy atom. The molecule has 0 N–H and O–H groups in total. The summed E-state index contributed by atoms with van der Waals surface area (Å²) in [6.07, 6.45) is 1.86. The van der Waals surface area contributed by atoms with E-state index in [0.717, 1.165) is 16.9 Å². The standard InChI is InChI=1S/C25H18O/c1-2-17-5-3-6-18(15-17)16-26-23-14-12-21-10-9-19-7-4-8-20-11-13-22(23)25(21)24(19)20/h2-15H,1,16H2. The SMILES string of the molecule is C=Cc1cccc(COc2ccc3ccc4cccc5ccc2c3c45)c1. The van der Waals surface area contributed by atoms with Gasteiger partial charge in [0.25, 0.3) is 0 Å². The molecule has 124 valence electrons. The zero-order chi connectivity index (χ0) is 17.5. The summed E-state index contributed by atoms with van der Waals surface area (Å²) in [7, 11) is 0. The second-order valence-corrected chi connectivity index (χ2v) is 6.66. The monoisotopic (exact) mass is 334 g/mol. The fourth-order valence-corrected chi connectivity index (χ4v) is 3.81. The maximum Gasteiger partial charge on any atom is 0.127 e. The van der Waals surface area contributed by atoms with E-state index in [-0.39, 0.29) is 0 Å². The lowest BCUT2D eigenvalue weighted by molar-refractivity contribution is 0.310. The van der Waals surface area contributed by atoms with Crippen LogP contribution in [0.2, 0.25) is 0 Å².